The lowest BCUT2D eigenvalue weighted by Crippen LogP contribution is -2.46. The number of hydrogen-bond acceptors (Lipinski definition) is 2. The molecule has 0 aliphatic heterocycles. The van der Waals surface area contributed by atoms with Crippen molar-refractivity contribution in [1.82, 2.24) is 5.32 Å². The van der Waals surface area contributed by atoms with Crippen LogP contribution < -0.4 is 11.1 Å². The van der Waals surface area contributed by atoms with Gasteiger partial charge in [-0.05, 0) is 23.8 Å². The number of carbonyl (C=O) groups is 2. The smallest absolute Gasteiger partial charge is 0.368 e. The lowest BCUT2D eigenvalue weighted by molar-refractivity contribution is -0.138. The summed E-state index contributed by atoms with van der Waals surface area (Å²) in [4.78, 5) is 23.8. The Morgan fingerprint density at radius 3 is 2.28 bits per heavy atom. The molecule has 0 spiro atoms. The molecule has 8 heteroatoms. The first-order chi connectivity index (χ1) is 11.7. The van der Waals surface area contributed by atoms with Crippen LogP contribution in [-0.2, 0) is 17.4 Å². The van der Waals surface area contributed by atoms with Gasteiger partial charge in [0.25, 0.3) is 5.91 Å². The van der Waals surface area contributed by atoms with E-state index < -0.39 is 29.6 Å². The van der Waals surface area contributed by atoms with Crippen LogP contribution in [0.1, 0.15) is 21.5 Å². The molecule has 0 saturated heterocycles. The highest BCUT2D eigenvalue weighted by Gasteiger charge is 2.34. The van der Waals surface area contributed by atoms with Crippen LogP contribution in [0.5, 0.6) is 0 Å². The van der Waals surface area contributed by atoms with Crippen molar-refractivity contribution in [3.8, 4) is 0 Å². The minimum absolute atomic E-state index is 0.0968. The molecule has 0 saturated carbocycles. The first kappa shape index (κ1) is 18.8. The van der Waals surface area contributed by atoms with Crippen LogP contribution in [0.3, 0.4) is 0 Å². The maximum atomic E-state index is 13.1. The van der Waals surface area contributed by atoms with Crippen LogP contribution in [-0.4, -0.2) is 17.9 Å². The number of benzene rings is 2. The average Bonchev–Trinajstić information content (AvgIpc) is 2.54. The van der Waals surface area contributed by atoms with Crippen LogP contribution in [0.4, 0.5) is 13.2 Å². The molecule has 0 aliphatic carbocycles. The molecule has 1 atom stereocenters. The van der Waals surface area contributed by atoms with Gasteiger partial charge in [-0.15, -0.1) is 0 Å². The predicted molar refractivity (Wildman–Crippen MR) is 87.0 cm³/mol. The summed E-state index contributed by atoms with van der Waals surface area (Å²) in [7, 11) is 0. The number of rotatable bonds is 5. The fraction of sp³-hybridized carbons (Fsp3) is 0.176. The summed E-state index contributed by atoms with van der Waals surface area (Å²) in [5.74, 6) is -1.64. The number of amides is 2. The van der Waals surface area contributed by atoms with E-state index in [1.165, 1.54) is 30.3 Å². The SMILES string of the molecule is NC(=O)[C@H](Cc1ccccc1C(F)(F)F)NC(=O)c1ccccc1Cl. The quantitative estimate of drug-likeness (QED) is 0.848. The van der Waals surface area contributed by atoms with Gasteiger partial charge in [-0.3, -0.25) is 9.59 Å². The lowest BCUT2D eigenvalue weighted by atomic mass is 9.99. The second-order valence-corrected chi connectivity index (χ2v) is 5.67. The monoisotopic (exact) mass is 370 g/mol. The molecule has 0 radical (unpaired) electrons. The van der Waals surface area contributed by atoms with E-state index in [9.17, 15) is 22.8 Å². The highest BCUT2D eigenvalue weighted by molar-refractivity contribution is 6.33. The number of nitrogens with two attached hydrogens (primary N) is 1. The molecule has 2 aromatic rings. The third kappa shape index (κ3) is 4.73. The Morgan fingerprint density at radius 2 is 1.68 bits per heavy atom. The van der Waals surface area contributed by atoms with E-state index in [1.54, 1.807) is 12.1 Å². The summed E-state index contributed by atoms with van der Waals surface area (Å²) in [5, 5.41) is 2.49. The minimum Gasteiger partial charge on any atom is -0.368 e. The number of nitrogens with one attached hydrogen (secondary N) is 1. The van der Waals surface area contributed by atoms with Crippen molar-refractivity contribution in [2.24, 2.45) is 5.73 Å². The molecular weight excluding hydrogens is 357 g/mol. The van der Waals surface area contributed by atoms with Crippen molar-refractivity contribution in [2.45, 2.75) is 18.6 Å². The standard InChI is InChI=1S/C17H14ClF3N2O2/c18-13-8-4-2-6-11(13)16(25)23-14(15(22)24)9-10-5-1-3-7-12(10)17(19,20)21/h1-8,14H,9H2,(H2,22,24)(H,23,25)/t14-/m0/s1. The zero-order chi connectivity index (χ0) is 18.6. The predicted octanol–water partition coefficient (Wildman–Crippen LogP) is 3.19. The van der Waals surface area contributed by atoms with Gasteiger partial charge in [0.2, 0.25) is 5.91 Å². The van der Waals surface area contributed by atoms with E-state index in [-0.39, 0.29) is 22.6 Å². The molecule has 0 aliphatic rings. The Balaban J connectivity index is 2.25. The topological polar surface area (TPSA) is 72.2 Å². The van der Waals surface area contributed by atoms with Gasteiger partial charge in [0.1, 0.15) is 6.04 Å². The molecule has 2 amide bonds. The van der Waals surface area contributed by atoms with Crippen LogP contribution in [0.15, 0.2) is 48.5 Å². The van der Waals surface area contributed by atoms with Crippen molar-refractivity contribution >= 4 is 23.4 Å². The van der Waals surface area contributed by atoms with Gasteiger partial charge in [0.15, 0.2) is 0 Å². The zero-order valence-electron chi connectivity index (χ0n) is 12.8. The number of alkyl halides is 3. The Labute approximate surface area is 146 Å². The fourth-order valence-electron chi connectivity index (χ4n) is 2.30. The third-order valence-corrected chi connectivity index (χ3v) is 3.84. The van der Waals surface area contributed by atoms with E-state index in [0.717, 1.165) is 6.07 Å². The first-order valence-electron chi connectivity index (χ1n) is 7.20. The van der Waals surface area contributed by atoms with E-state index >= 15 is 0 Å². The van der Waals surface area contributed by atoms with Crippen molar-refractivity contribution in [3.05, 3.63) is 70.2 Å². The molecule has 0 heterocycles. The average molecular weight is 371 g/mol. The molecule has 0 unspecified atom stereocenters. The largest absolute Gasteiger partial charge is 0.416 e. The minimum atomic E-state index is -4.58. The van der Waals surface area contributed by atoms with Crippen LogP contribution in [0.2, 0.25) is 5.02 Å². The molecular formula is C17H14ClF3N2O2. The Hall–Kier alpha value is -2.54. The molecule has 4 nitrogen and oxygen atoms in total. The van der Waals surface area contributed by atoms with Crippen LogP contribution >= 0.6 is 11.6 Å². The van der Waals surface area contributed by atoms with Gasteiger partial charge in [-0.1, -0.05) is 41.9 Å². The van der Waals surface area contributed by atoms with E-state index in [0.29, 0.717) is 0 Å². The summed E-state index contributed by atoms with van der Waals surface area (Å²) in [6.07, 6.45) is -4.97. The Morgan fingerprint density at radius 1 is 1.08 bits per heavy atom. The number of primary amides is 1. The van der Waals surface area contributed by atoms with Crippen LogP contribution in [0, 0.1) is 0 Å². The van der Waals surface area contributed by atoms with E-state index in [4.69, 9.17) is 17.3 Å². The Kier molecular flexibility index (Phi) is 5.69. The molecule has 25 heavy (non-hydrogen) atoms. The molecule has 0 aromatic heterocycles. The normalized spacial score (nSPS) is 12.5. The second-order valence-electron chi connectivity index (χ2n) is 5.27. The number of hydrogen-bond donors (Lipinski definition) is 2. The molecule has 0 bridgehead atoms. The van der Waals surface area contributed by atoms with Crippen molar-refractivity contribution < 1.29 is 22.8 Å². The summed E-state index contributed by atoms with van der Waals surface area (Å²) >= 11 is 5.90. The van der Waals surface area contributed by atoms with Gasteiger partial charge in [0.05, 0.1) is 16.1 Å². The summed E-state index contributed by atoms with van der Waals surface area (Å²) in [6, 6.07) is 9.58. The number of carbonyl (C=O) groups excluding carboxylic acids is 2. The highest BCUT2D eigenvalue weighted by atomic mass is 35.5. The van der Waals surface area contributed by atoms with Crippen molar-refractivity contribution in [3.63, 3.8) is 0 Å². The van der Waals surface area contributed by atoms with E-state index in [2.05, 4.69) is 5.32 Å². The summed E-state index contributed by atoms with van der Waals surface area (Å²) in [5.41, 5.74) is 4.32. The van der Waals surface area contributed by atoms with Gasteiger partial charge < -0.3 is 11.1 Å². The van der Waals surface area contributed by atoms with Gasteiger partial charge in [-0.2, -0.15) is 13.2 Å². The van der Waals surface area contributed by atoms with Gasteiger partial charge >= 0.3 is 6.18 Å². The fourth-order valence-corrected chi connectivity index (χ4v) is 2.52. The van der Waals surface area contributed by atoms with Crippen molar-refractivity contribution in [2.75, 3.05) is 0 Å². The third-order valence-electron chi connectivity index (χ3n) is 3.51. The van der Waals surface area contributed by atoms with Gasteiger partial charge in [-0.25, -0.2) is 0 Å². The van der Waals surface area contributed by atoms with Crippen LogP contribution in [0.25, 0.3) is 0 Å². The lowest BCUT2D eigenvalue weighted by Gasteiger charge is -2.19. The molecule has 0 fully saturated rings. The maximum Gasteiger partial charge on any atom is 0.416 e. The highest BCUT2D eigenvalue weighted by Crippen LogP contribution is 2.32. The zero-order valence-corrected chi connectivity index (χ0v) is 13.6. The molecule has 3 N–H and O–H groups in total. The summed E-state index contributed by atoms with van der Waals surface area (Å²) < 4.78 is 39.2. The second kappa shape index (κ2) is 7.57. The molecule has 132 valence electrons. The summed E-state index contributed by atoms with van der Waals surface area (Å²) in [6.45, 7) is 0. The Bertz CT molecular complexity index is 793. The number of halogens is 4. The molecule has 2 aromatic carbocycles. The maximum absolute atomic E-state index is 13.1. The van der Waals surface area contributed by atoms with Gasteiger partial charge in [0, 0.05) is 6.42 Å². The molecule has 2 rings (SSSR count). The van der Waals surface area contributed by atoms with E-state index in [1.807, 2.05) is 0 Å². The van der Waals surface area contributed by atoms with Crippen molar-refractivity contribution in [1.29, 1.82) is 0 Å². The first-order valence-corrected chi connectivity index (χ1v) is 7.57.